The van der Waals surface area contributed by atoms with Crippen molar-refractivity contribution in [1.82, 2.24) is 5.43 Å². The number of amides is 1. The fraction of sp³-hybridized carbons (Fsp3) is 0.286. The van der Waals surface area contributed by atoms with Crippen molar-refractivity contribution < 1.29 is 24.1 Å². The van der Waals surface area contributed by atoms with Gasteiger partial charge in [0, 0.05) is 12.0 Å². The number of rotatable bonds is 9. The van der Waals surface area contributed by atoms with Crippen molar-refractivity contribution in [3.63, 3.8) is 0 Å². The third kappa shape index (κ3) is 6.38. The first-order chi connectivity index (χ1) is 18.5. The number of carbonyl (C=O) groups excluding carboxylic acids is 1. The molecule has 0 bridgehead atoms. The smallest absolute Gasteiger partial charge is 0.318 e. The quantitative estimate of drug-likeness (QED) is 0.206. The lowest BCUT2D eigenvalue weighted by Crippen LogP contribution is -2.20. The van der Waals surface area contributed by atoms with E-state index in [9.17, 15) is 25.0 Å². The minimum Gasteiger partial charge on any atom is -0.493 e. The van der Waals surface area contributed by atoms with Gasteiger partial charge >= 0.3 is 5.69 Å². The van der Waals surface area contributed by atoms with Crippen LogP contribution in [0.3, 0.4) is 0 Å². The summed E-state index contributed by atoms with van der Waals surface area (Å²) >= 11 is 0. The SMILES string of the molecule is COc1cc(/C=N/NC(=O)[C@H]2C[C@H]2c2ccc(C(C)(C)C)cc2)ccc1Oc1ccc([N+](=O)[O-])cc1[N+](=O)[O-]. The molecule has 2 atom stereocenters. The molecule has 1 amide bonds. The van der Waals surface area contributed by atoms with Crippen molar-refractivity contribution in [1.29, 1.82) is 0 Å². The maximum Gasteiger partial charge on any atom is 0.318 e. The molecule has 0 aromatic heterocycles. The second kappa shape index (κ2) is 10.9. The molecule has 0 spiro atoms. The molecule has 1 saturated carbocycles. The van der Waals surface area contributed by atoms with Crippen LogP contribution in [0, 0.1) is 26.1 Å². The summed E-state index contributed by atoms with van der Waals surface area (Å²) in [6.07, 6.45) is 2.22. The molecule has 0 saturated heterocycles. The number of hydrogen-bond acceptors (Lipinski definition) is 8. The number of nitrogens with one attached hydrogen (secondary N) is 1. The number of nitrogens with zero attached hydrogens (tertiary/aromatic N) is 3. The summed E-state index contributed by atoms with van der Waals surface area (Å²) in [4.78, 5) is 33.4. The number of nitro groups is 2. The van der Waals surface area contributed by atoms with Gasteiger partial charge in [-0.1, -0.05) is 45.0 Å². The summed E-state index contributed by atoms with van der Waals surface area (Å²) in [5.74, 6) is 0.116. The second-order valence-corrected chi connectivity index (χ2v) is 10.2. The fourth-order valence-corrected chi connectivity index (χ4v) is 4.15. The number of non-ortho nitro benzene ring substituents is 1. The van der Waals surface area contributed by atoms with Crippen molar-refractivity contribution >= 4 is 23.5 Å². The zero-order valence-electron chi connectivity index (χ0n) is 21.9. The minimum atomic E-state index is -0.760. The Morgan fingerprint density at radius 2 is 1.67 bits per heavy atom. The Morgan fingerprint density at radius 1 is 0.974 bits per heavy atom. The molecule has 0 radical (unpaired) electrons. The molecule has 0 heterocycles. The summed E-state index contributed by atoms with van der Waals surface area (Å²) in [6, 6.07) is 16.2. The fourth-order valence-electron chi connectivity index (χ4n) is 4.15. The summed E-state index contributed by atoms with van der Waals surface area (Å²) in [5, 5.41) is 26.4. The molecule has 0 aliphatic heterocycles. The van der Waals surface area contributed by atoms with E-state index in [-0.39, 0.29) is 40.4 Å². The zero-order chi connectivity index (χ0) is 28.3. The van der Waals surface area contributed by atoms with E-state index in [0.717, 1.165) is 30.2 Å². The number of methoxy groups -OCH3 is 1. The lowest BCUT2D eigenvalue weighted by molar-refractivity contribution is -0.394. The molecule has 3 aromatic carbocycles. The van der Waals surface area contributed by atoms with Crippen molar-refractivity contribution in [2.24, 2.45) is 11.0 Å². The minimum absolute atomic E-state index is 0.0727. The van der Waals surface area contributed by atoms with Crippen molar-refractivity contribution in [3.8, 4) is 17.2 Å². The molecule has 11 heteroatoms. The average molecular weight is 533 g/mol. The van der Waals surface area contributed by atoms with Gasteiger partial charge in [0.2, 0.25) is 11.7 Å². The van der Waals surface area contributed by atoms with Gasteiger partial charge in [-0.15, -0.1) is 0 Å². The normalized spacial score (nSPS) is 16.5. The molecular formula is C28H28N4O7. The monoisotopic (exact) mass is 532 g/mol. The molecule has 11 nitrogen and oxygen atoms in total. The highest BCUT2D eigenvalue weighted by Gasteiger charge is 2.44. The van der Waals surface area contributed by atoms with Gasteiger partial charge in [-0.2, -0.15) is 5.10 Å². The molecule has 202 valence electrons. The molecule has 1 aliphatic carbocycles. The van der Waals surface area contributed by atoms with E-state index in [0.29, 0.717) is 5.56 Å². The van der Waals surface area contributed by atoms with Crippen LogP contribution in [0.2, 0.25) is 0 Å². The predicted molar refractivity (Wildman–Crippen MR) is 145 cm³/mol. The van der Waals surface area contributed by atoms with E-state index in [4.69, 9.17) is 9.47 Å². The van der Waals surface area contributed by atoms with E-state index in [1.165, 1.54) is 25.0 Å². The van der Waals surface area contributed by atoms with Crippen LogP contribution in [-0.2, 0) is 10.2 Å². The highest BCUT2D eigenvalue weighted by atomic mass is 16.6. The summed E-state index contributed by atoms with van der Waals surface area (Å²) in [5.41, 5.74) is 4.65. The standard InChI is InChI=1S/C28H28N4O7/c1-28(2,3)19-8-6-18(7-9-19)21-15-22(21)27(33)30-29-16-17-5-11-25(26(13-17)38-4)39-24-12-10-20(31(34)35)14-23(24)32(36)37/h5-14,16,21-22H,15H2,1-4H3,(H,30,33)/b29-16+/t21-,22-/m0/s1. The number of hydrogen-bond donors (Lipinski definition) is 1. The number of carbonyl (C=O) groups is 1. The topological polar surface area (TPSA) is 146 Å². The summed E-state index contributed by atoms with van der Waals surface area (Å²) in [6.45, 7) is 6.48. The van der Waals surface area contributed by atoms with Crippen LogP contribution < -0.4 is 14.9 Å². The summed E-state index contributed by atoms with van der Waals surface area (Å²) < 4.78 is 11.0. The van der Waals surface area contributed by atoms with Gasteiger partial charge < -0.3 is 9.47 Å². The van der Waals surface area contributed by atoms with Crippen molar-refractivity contribution in [2.45, 2.75) is 38.5 Å². The third-order valence-electron chi connectivity index (χ3n) is 6.48. The lowest BCUT2D eigenvalue weighted by atomic mass is 9.86. The van der Waals surface area contributed by atoms with Gasteiger partial charge in [0.15, 0.2) is 11.5 Å². The number of benzene rings is 3. The molecule has 1 fully saturated rings. The molecule has 0 unspecified atom stereocenters. The van der Waals surface area contributed by atoms with E-state index < -0.39 is 21.2 Å². The van der Waals surface area contributed by atoms with Gasteiger partial charge in [0.1, 0.15) is 0 Å². The largest absolute Gasteiger partial charge is 0.493 e. The van der Waals surface area contributed by atoms with E-state index >= 15 is 0 Å². The van der Waals surface area contributed by atoms with Crippen LogP contribution in [0.5, 0.6) is 17.2 Å². The molecule has 39 heavy (non-hydrogen) atoms. The Bertz CT molecular complexity index is 1450. The Balaban J connectivity index is 1.39. The highest BCUT2D eigenvalue weighted by Crippen LogP contribution is 2.47. The van der Waals surface area contributed by atoms with Gasteiger partial charge in [-0.05, 0) is 58.7 Å². The van der Waals surface area contributed by atoms with Gasteiger partial charge in [-0.25, -0.2) is 5.43 Å². The number of nitro benzene ring substituents is 2. The first-order valence-corrected chi connectivity index (χ1v) is 12.2. The second-order valence-electron chi connectivity index (χ2n) is 10.2. The maximum absolute atomic E-state index is 12.6. The van der Waals surface area contributed by atoms with Crippen molar-refractivity contribution in [2.75, 3.05) is 7.11 Å². The van der Waals surface area contributed by atoms with Crippen LogP contribution in [0.25, 0.3) is 0 Å². The molecule has 3 aromatic rings. The number of hydrazone groups is 1. The molecule has 1 N–H and O–H groups in total. The van der Waals surface area contributed by atoms with Gasteiger partial charge in [0.25, 0.3) is 5.69 Å². The Hall–Kier alpha value is -4.80. The first-order valence-electron chi connectivity index (χ1n) is 12.2. The first kappa shape index (κ1) is 27.2. The van der Waals surface area contributed by atoms with Crippen LogP contribution in [-0.4, -0.2) is 29.1 Å². The van der Waals surface area contributed by atoms with E-state index in [1.807, 2.05) is 0 Å². The van der Waals surface area contributed by atoms with Crippen molar-refractivity contribution in [3.05, 3.63) is 97.6 Å². The average Bonchev–Trinajstić information content (AvgIpc) is 3.70. The maximum atomic E-state index is 12.6. The van der Waals surface area contributed by atoms with Gasteiger partial charge in [0.05, 0.1) is 29.2 Å². The Labute approximate surface area is 224 Å². The Kier molecular flexibility index (Phi) is 7.61. The van der Waals surface area contributed by atoms with E-state index in [1.54, 1.807) is 12.1 Å². The van der Waals surface area contributed by atoms with Gasteiger partial charge in [-0.3, -0.25) is 25.0 Å². The van der Waals surface area contributed by atoms with E-state index in [2.05, 4.69) is 55.6 Å². The molecule has 1 aliphatic rings. The highest BCUT2D eigenvalue weighted by molar-refractivity contribution is 5.86. The summed E-state index contributed by atoms with van der Waals surface area (Å²) in [7, 11) is 1.40. The van der Waals surface area contributed by atoms with Crippen LogP contribution in [0.15, 0.2) is 65.8 Å². The Morgan fingerprint density at radius 3 is 2.28 bits per heavy atom. The molecule has 4 rings (SSSR count). The van der Waals surface area contributed by atoms with Crippen LogP contribution >= 0.6 is 0 Å². The number of ether oxygens (including phenoxy) is 2. The lowest BCUT2D eigenvalue weighted by Gasteiger charge is -2.19. The molecular weight excluding hydrogens is 504 g/mol. The zero-order valence-corrected chi connectivity index (χ0v) is 21.9. The van der Waals surface area contributed by atoms with Crippen LogP contribution in [0.1, 0.15) is 49.8 Å². The predicted octanol–water partition coefficient (Wildman–Crippen LogP) is 5.86. The van der Waals surface area contributed by atoms with Crippen LogP contribution in [0.4, 0.5) is 11.4 Å². The third-order valence-corrected chi connectivity index (χ3v) is 6.48.